The van der Waals surface area contributed by atoms with E-state index in [-0.39, 0.29) is 35.0 Å². The Morgan fingerprint density at radius 3 is 2.54 bits per heavy atom. The molecule has 2 heterocycles. The number of rotatable bonds is 5. The second kappa shape index (κ2) is 8.58. The number of carbonyl (C=O) groups excluding carboxylic acids is 2. The van der Waals surface area contributed by atoms with Crippen molar-refractivity contribution in [2.45, 2.75) is 45.6 Å². The molecule has 2 fully saturated rings. The molecule has 1 aromatic carbocycles. The molecule has 1 unspecified atom stereocenters. The summed E-state index contributed by atoms with van der Waals surface area (Å²) < 4.78 is 0. The lowest BCUT2D eigenvalue weighted by Crippen LogP contribution is -2.48. The fourth-order valence-corrected chi connectivity index (χ4v) is 3.84. The molecule has 1 atom stereocenters. The van der Waals surface area contributed by atoms with Crippen LogP contribution in [0.5, 0.6) is 0 Å². The zero-order valence-electron chi connectivity index (χ0n) is 16.5. The molecule has 1 aromatic rings. The first-order chi connectivity index (χ1) is 13.4. The first-order valence-electron chi connectivity index (χ1n) is 10.00. The number of nitro groups is 1. The fraction of sp³-hybridized carbons (Fsp3) is 0.600. The molecule has 2 aliphatic rings. The number of carbonyl (C=O) groups is 2. The Labute approximate surface area is 165 Å². The summed E-state index contributed by atoms with van der Waals surface area (Å²) in [5, 5.41) is 14.5. The SMILES string of the molecule is CC(C)C(=O)NC1CCCN(c2ccc([N+](=O)[O-])c(C(=O)N3CCCC3)c2)C1. The van der Waals surface area contributed by atoms with Crippen molar-refractivity contribution >= 4 is 23.2 Å². The van der Waals surface area contributed by atoms with Gasteiger partial charge >= 0.3 is 0 Å². The lowest BCUT2D eigenvalue weighted by Gasteiger charge is -2.35. The third kappa shape index (κ3) is 4.43. The van der Waals surface area contributed by atoms with Gasteiger partial charge in [0.15, 0.2) is 0 Å². The van der Waals surface area contributed by atoms with E-state index in [4.69, 9.17) is 0 Å². The zero-order chi connectivity index (χ0) is 20.3. The van der Waals surface area contributed by atoms with Crippen molar-refractivity contribution in [1.29, 1.82) is 0 Å². The number of anilines is 1. The molecule has 2 aliphatic heterocycles. The van der Waals surface area contributed by atoms with Gasteiger partial charge in [-0.25, -0.2) is 0 Å². The van der Waals surface area contributed by atoms with E-state index < -0.39 is 4.92 Å². The van der Waals surface area contributed by atoms with Crippen LogP contribution in [0, 0.1) is 16.0 Å². The number of nitrogens with zero attached hydrogens (tertiary/aromatic N) is 3. The lowest BCUT2D eigenvalue weighted by atomic mass is 10.0. The maximum absolute atomic E-state index is 12.8. The van der Waals surface area contributed by atoms with Crippen LogP contribution in [-0.4, -0.2) is 53.9 Å². The molecule has 152 valence electrons. The van der Waals surface area contributed by atoms with Gasteiger partial charge in [0.1, 0.15) is 5.56 Å². The molecule has 0 aliphatic carbocycles. The first-order valence-corrected chi connectivity index (χ1v) is 10.00. The van der Waals surface area contributed by atoms with Crippen LogP contribution in [0.3, 0.4) is 0 Å². The third-order valence-electron chi connectivity index (χ3n) is 5.46. The quantitative estimate of drug-likeness (QED) is 0.618. The number of nitro benzene ring substituents is 1. The van der Waals surface area contributed by atoms with E-state index in [1.54, 1.807) is 17.0 Å². The Balaban J connectivity index is 1.81. The molecule has 8 nitrogen and oxygen atoms in total. The topological polar surface area (TPSA) is 95.8 Å². The van der Waals surface area contributed by atoms with Crippen LogP contribution >= 0.6 is 0 Å². The monoisotopic (exact) mass is 388 g/mol. The largest absolute Gasteiger partial charge is 0.369 e. The Kier molecular flexibility index (Phi) is 6.16. The van der Waals surface area contributed by atoms with Crippen LogP contribution in [0.25, 0.3) is 0 Å². The van der Waals surface area contributed by atoms with Gasteiger partial charge in [0.25, 0.3) is 11.6 Å². The van der Waals surface area contributed by atoms with E-state index in [0.717, 1.165) is 37.9 Å². The molecular weight excluding hydrogens is 360 g/mol. The third-order valence-corrected chi connectivity index (χ3v) is 5.46. The van der Waals surface area contributed by atoms with Gasteiger partial charge in [-0.2, -0.15) is 0 Å². The van der Waals surface area contributed by atoms with Gasteiger partial charge in [-0.3, -0.25) is 19.7 Å². The van der Waals surface area contributed by atoms with Crippen molar-refractivity contribution in [2.24, 2.45) is 5.92 Å². The molecule has 0 radical (unpaired) electrons. The summed E-state index contributed by atoms with van der Waals surface area (Å²) in [5.41, 5.74) is 0.789. The minimum Gasteiger partial charge on any atom is -0.369 e. The summed E-state index contributed by atoms with van der Waals surface area (Å²) in [4.78, 5) is 39.6. The van der Waals surface area contributed by atoms with Gasteiger partial charge < -0.3 is 15.1 Å². The molecule has 0 aromatic heterocycles. The summed E-state index contributed by atoms with van der Waals surface area (Å²) in [7, 11) is 0. The van der Waals surface area contributed by atoms with Gasteiger partial charge in [0.2, 0.25) is 5.91 Å². The van der Waals surface area contributed by atoms with Crippen molar-refractivity contribution in [1.82, 2.24) is 10.2 Å². The standard InChI is InChI=1S/C20H28N4O4/c1-14(2)19(25)21-15-6-5-11-23(13-15)16-7-8-18(24(27)28)17(12-16)20(26)22-9-3-4-10-22/h7-8,12,14-15H,3-6,9-11,13H2,1-2H3,(H,21,25). The number of likely N-dealkylation sites (tertiary alicyclic amines) is 1. The predicted octanol–water partition coefficient (Wildman–Crippen LogP) is 2.57. The average Bonchev–Trinajstić information content (AvgIpc) is 3.21. The molecule has 28 heavy (non-hydrogen) atoms. The van der Waals surface area contributed by atoms with Gasteiger partial charge in [0, 0.05) is 49.9 Å². The van der Waals surface area contributed by atoms with E-state index >= 15 is 0 Å². The molecular formula is C20H28N4O4. The van der Waals surface area contributed by atoms with E-state index in [9.17, 15) is 19.7 Å². The summed E-state index contributed by atoms with van der Waals surface area (Å²) in [6.45, 7) is 6.45. The number of hydrogen-bond acceptors (Lipinski definition) is 5. The fourth-order valence-electron chi connectivity index (χ4n) is 3.84. The molecule has 2 amide bonds. The van der Waals surface area contributed by atoms with Gasteiger partial charge in [-0.05, 0) is 37.8 Å². The second-order valence-electron chi connectivity index (χ2n) is 7.91. The van der Waals surface area contributed by atoms with Crippen molar-refractivity contribution in [2.75, 3.05) is 31.1 Å². The van der Waals surface area contributed by atoms with E-state index in [0.29, 0.717) is 19.6 Å². The Bertz CT molecular complexity index is 759. The molecule has 1 N–H and O–H groups in total. The molecule has 0 bridgehead atoms. The van der Waals surface area contributed by atoms with Crippen LogP contribution in [-0.2, 0) is 4.79 Å². The molecule has 3 rings (SSSR count). The number of amides is 2. The van der Waals surface area contributed by atoms with Crippen molar-refractivity contribution in [3.05, 3.63) is 33.9 Å². The second-order valence-corrected chi connectivity index (χ2v) is 7.91. The number of hydrogen-bond donors (Lipinski definition) is 1. The molecule has 0 spiro atoms. The Morgan fingerprint density at radius 2 is 1.89 bits per heavy atom. The normalized spacial score (nSPS) is 19.8. The molecule has 8 heteroatoms. The minimum absolute atomic E-state index is 0.0282. The summed E-state index contributed by atoms with van der Waals surface area (Å²) in [5.74, 6) is -0.312. The minimum atomic E-state index is -0.491. The maximum Gasteiger partial charge on any atom is 0.282 e. The zero-order valence-corrected chi connectivity index (χ0v) is 16.5. The van der Waals surface area contributed by atoms with Gasteiger partial charge in [-0.15, -0.1) is 0 Å². The van der Waals surface area contributed by atoms with E-state index in [1.807, 2.05) is 13.8 Å². The van der Waals surface area contributed by atoms with Gasteiger partial charge in [-0.1, -0.05) is 13.8 Å². The van der Waals surface area contributed by atoms with Crippen molar-refractivity contribution < 1.29 is 14.5 Å². The lowest BCUT2D eigenvalue weighted by molar-refractivity contribution is -0.385. The average molecular weight is 388 g/mol. The molecule has 2 saturated heterocycles. The van der Waals surface area contributed by atoms with E-state index in [1.165, 1.54) is 6.07 Å². The van der Waals surface area contributed by atoms with E-state index in [2.05, 4.69) is 10.2 Å². The number of benzene rings is 1. The Hall–Kier alpha value is -2.64. The van der Waals surface area contributed by atoms with Crippen LogP contribution in [0.1, 0.15) is 49.9 Å². The highest BCUT2D eigenvalue weighted by Gasteiger charge is 2.29. The van der Waals surface area contributed by atoms with Crippen molar-refractivity contribution in [3.63, 3.8) is 0 Å². The molecule has 0 saturated carbocycles. The van der Waals surface area contributed by atoms with Crippen LogP contribution in [0.4, 0.5) is 11.4 Å². The van der Waals surface area contributed by atoms with Crippen LogP contribution < -0.4 is 10.2 Å². The van der Waals surface area contributed by atoms with Crippen LogP contribution in [0.2, 0.25) is 0 Å². The highest BCUT2D eigenvalue weighted by atomic mass is 16.6. The smallest absolute Gasteiger partial charge is 0.282 e. The number of nitrogens with one attached hydrogen (secondary N) is 1. The highest BCUT2D eigenvalue weighted by Crippen LogP contribution is 2.29. The van der Waals surface area contributed by atoms with Gasteiger partial charge in [0.05, 0.1) is 4.92 Å². The summed E-state index contributed by atoms with van der Waals surface area (Å²) >= 11 is 0. The summed E-state index contributed by atoms with van der Waals surface area (Å²) in [6, 6.07) is 4.81. The van der Waals surface area contributed by atoms with Crippen molar-refractivity contribution in [3.8, 4) is 0 Å². The maximum atomic E-state index is 12.8. The summed E-state index contributed by atoms with van der Waals surface area (Å²) in [6.07, 6.45) is 3.68. The highest BCUT2D eigenvalue weighted by molar-refractivity contribution is 5.99. The Morgan fingerprint density at radius 1 is 1.18 bits per heavy atom. The predicted molar refractivity (Wildman–Crippen MR) is 106 cm³/mol. The number of piperidine rings is 1. The van der Waals surface area contributed by atoms with Crippen LogP contribution in [0.15, 0.2) is 18.2 Å². The first kappa shape index (κ1) is 20.1.